The number of rotatable bonds is 8. The highest BCUT2D eigenvalue weighted by Gasteiger charge is 2.19. The number of carbonyl (C=O) groups excluding carboxylic acids is 2. The number of hydrogen-bond acceptors (Lipinski definition) is 4. The molecule has 0 unspecified atom stereocenters. The van der Waals surface area contributed by atoms with E-state index in [1.165, 1.54) is 4.68 Å². The minimum absolute atomic E-state index is 0.0696. The van der Waals surface area contributed by atoms with Crippen molar-refractivity contribution in [1.29, 1.82) is 0 Å². The Labute approximate surface area is 164 Å². The molecule has 2 aromatic rings. The Kier molecular flexibility index (Phi) is 6.79. The van der Waals surface area contributed by atoms with Crippen molar-refractivity contribution in [2.45, 2.75) is 52.0 Å². The van der Waals surface area contributed by atoms with Gasteiger partial charge in [-0.15, -0.1) is 0 Å². The predicted molar refractivity (Wildman–Crippen MR) is 108 cm³/mol. The Morgan fingerprint density at radius 1 is 1.11 bits per heavy atom. The summed E-state index contributed by atoms with van der Waals surface area (Å²) in [4.78, 5) is 39.4. The van der Waals surface area contributed by atoms with E-state index in [2.05, 4.69) is 17.3 Å². The third kappa shape index (κ3) is 4.58. The largest absolute Gasteiger partial charge is 0.350 e. The number of nitrogens with zero attached hydrogens (tertiary/aromatic N) is 3. The maximum atomic E-state index is 12.7. The minimum Gasteiger partial charge on any atom is -0.350 e. The van der Waals surface area contributed by atoms with Crippen LogP contribution in [0.3, 0.4) is 0 Å². The van der Waals surface area contributed by atoms with Crippen LogP contribution in [0.5, 0.6) is 0 Å². The highest BCUT2D eigenvalue weighted by molar-refractivity contribution is 6.04. The molecule has 7 nitrogen and oxygen atoms in total. The second-order valence-corrected chi connectivity index (χ2v) is 7.22. The van der Waals surface area contributed by atoms with Crippen LogP contribution in [0.2, 0.25) is 0 Å². The standard InChI is InChI=1S/C21H28N4O3/c1-2-3-6-15-25-21(28)17-10-5-4-9-16(17)19(23-25)20(27)22-12-11-18(26)24-13-7-8-14-24/h4-5,9-10H,2-3,6-8,11-15H2,1H3,(H,22,27). The SMILES string of the molecule is CCCCCn1nc(C(=O)NCCC(=O)N2CCCC2)c2ccccc2c1=O. The van der Waals surface area contributed by atoms with Crippen molar-refractivity contribution >= 4 is 22.6 Å². The van der Waals surface area contributed by atoms with Gasteiger partial charge in [-0.25, -0.2) is 4.68 Å². The zero-order valence-corrected chi connectivity index (χ0v) is 16.4. The zero-order valence-electron chi connectivity index (χ0n) is 16.4. The number of likely N-dealkylation sites (tertiary alicyclic amines) is 1. The molecular formula is C21H28N4O3. The Hall–Kier alpha value is -2.70. The number of fused-ring (bicyclic) bond motifs is 1. The van der Waals surface area contributed by atoms with Crippen molar-refractivity contribution in [3.63, 3.8) is 0 Å². The van der Waals surface area contributed by atoms with Crippen molar-refractivity contribution in [2.75, 3.05) is 19.6 Å². The number of aromatic nitrogens is 2. The van der Waals surface area contributed by atoms with Crippen LogP contribution in [0.4, 0.5) is 0 Å². The van der Waals surface area contributed by atoms with E-state index in [1.807, 2.05) is 4.90 Å². The lowest BCUT2D eigenvalue weighted by atomic mass is 10.1. The van der Waals surface area contributed by atoms with Crippen LogP contribution in [0.15, 0.2) is 29.1 Å². The molecule has 1 fully saturated rings. The van der Waals surface area contributed by atoms with Gasteiger partial charge in [0, 0.05) is 38.0 Å². The fourth-order valence-electron chi connectivity index (χ4n) is 3.56. The van der Waals surface area contributed by atoms with Crippen molar-refractivity contribution < 1.29 is 9.59 Å². The molecule has 1 saturated heterocycles. The molecule has 2 amide bonds. The molecule has 0 bridgehead atoms. The summed E-state index contributed by atoms with van der Waals surface area (Å²) in [5.41, 5.74) is 0.0628. The van der Waals surface area contributed by atoms with Gasteiger partial charge in [0.1, 0.15) is 0 Å². The molecule has 1 aromatic carbocycles. The maximum Gasteiger partial charge on any atom is 0.274 e. The van der Waals surface area contributed by atoms with Gasteiger partial charge in [0.15, 0.2) is 5.69 Å². The first-order chi connectivity index (χ1) is 13.6. The van der Waals surface area contributed by atoms with Gasteiger partial charge in [-0.3, -0.25) is 14.4 Å². The van der Waals surface area contributed by atoms with Crippen LogP contribution < -0.4 is 10.9 Å². The zero-order chi connectivity index (χ0) is 19.9. The molecule has 0 saturated carbocycles. The van der Waals surface area contributed by atoms with Gasteiger partial charge < -0.3 is 10.2 Å². The Balaban J connectivity index is 1.74. The second-order valence-electron chi connectivity index (χ2n) is 7.22. The molecule has 150 valence electrons. The molecule has 0 atom stereocenters. The average molecular weight is 384 g/mol. The summed E-state index contributed by atoms with van der Waals surface area (Å²) >= 11 is 0. The molecule has 0 spiro atoms. The van der Waals surface area contributed by atoms with Gasteiger partial charge in [0.25, 0.3) is 11.5 Å². The predicted octanol–water partition coefficient (Wildman–Crippen LogP) is 2.33. The number of benzene rings is 1. The molecule has 1 N–H and O–H groups in total. The Bertz CT molecular complexity index is 900. The number of hydrogen-bond donors (Lipinski definition) is 1. The maximum absolute atomic E-state index is 12.7. The molecule has 7 heteroatoms. The smallest absolute Gasteiger partial charge is 0.274 e. The van der Waals surface area contributed by atoms with Gasteiger partial charge >= 0.3 is 0 Å². The van der Waals surface area contributed by atoms with Crippen LogP contribution in [0, 0.1) is 0 Å². The minimum atomic E-state index is -0.352. The van der Waals surface area contributed by atoms with E-state index in [-0.39, 0.29) is 36.0 Å². The molecule has 3 rings (SSSR count). The molecule has 0 aliphatic carbocycles. The van der Waals surface area contributed by atoms with Crippen LogP contribution in [0.25, 0.3) is 10.8 Å². The summed E-state index contributed by atoms with van der Waals surface area (Å²) < 4.78 is 1.39. The van der Waals surface area contributed by atoms with E-state index < -0.39 is 0 Å². The number of nitrogens with one attached hydrogen (secondary N) is 1. The summed E-state index contributed by atoms with van der Waals surface area (Å²) in [6.07, 6.45) is 5.26. The van der Waals surface area contributed by atoms with Crippen molar-refractivity contribution in [3.8, 4) is 0 Å². The highest BCUT2D eigenvalue weighted by atomic mass is 16.2. The molecular weight excluding hydrogens is 356 g/mol. The molecule has 2 heterocycles. The number of carbonyl (C=O) groups is 2. The molecule has 1 aromatic heterocycles. The van der Waals surface area contributed by atoms with Gasteiger partial charge in [-0.1, -0.05) is 38.0 Å². The summed E-state index contributed by atoms with van der Waals surface area (Å²) in [6.45, 7) is 4.46. The van der Waals surface area contributed by atoms with Gasteiger partial charge in [0.05, 0.1) is 5.39 Å². The fraction of sp³-hybridized carbons (Fsp3) is 0.524. The van der Waals surface area contributed by atoms with E-state index in [4.69, 9.17) is 0 Å². The number of aryl methyl sites for hydroxylation is 1. The lowest BCUT2D eigenvalue weighted by Gasteiger charge is -2.15. The van der Waals surface area contributed by atoms with Crippen molar-refractivity contribution in [2.24, 2.45) is 0 Å². The number of unbranched alkanes of at least 4 members (excludes halogenated alkanes) is 2. The van der Waals surface area contributed by atoms with Crippen LogP contribution in [0.1, 0.15) is 55.9 Å². The summed E-state index contributed by atoms with van der Waals surface area (Å²) in [6, 6.07) is 7.04. The van der Waals surface area contributed by atoms with Crippen LogP contribution >= 0.6 is 0 Å². The fourth-order valence-corrected chi connectivity index (χ4v) is 3.56. The van der Waals surface area contributed by atoms with E-state index in [9.17, 15) is 14.4 Å². The molecule has 28 heavy (non-hydrogen) atoms. The average Bonchev–Trinajstić information content (AvgIpc) is 3.25. The lowest BCUT2D eigenvalue weighted by molar-refractivity contribution is -0.129. The second kappa shape index (κ2) is 9.48. The molecule has 1 aliphatic rings. The van der Waals surface area contributed by atoms with Crippen LogP contribution in [-0.4, -0.2) is 46.1 Å². The molecule has 1 aliphatic heterocycles. The first kappa shape index (κ1) is 20.0. The Morgan fingerprint density at radius 2 is 1.82 bits per heavy atom. The summed E-state index contributed by atoms with van der Waals surface area (Å²) in [5.74, 6) is -0.283. The summed E-state index contributed by atoms with van der Waals surface area (Å²) in [5, 5.41) is 8.18. The monoisotopic (exact) mass is 384 g/mol. The molecule has 0 radical (unpaired) electrons. The third-order valence-corrected chi connectivity index (χ3v) is 5.14. The lowest BCUT2D eigenvalue weighted by Crippen LogP contribution is -2.34. The first-order valence-corrected chi connectivity index (χ1v) is 10.2. The van der Waals surface area contributed by atoms with Gasteiger partial charge in [-0.05, 0) is 25.3 Å². The van der Waals surface area contributed by atoms with Crippen molar-refractivity contribution in [3.05, 3.63) is 40.3 Å². The van der Waals surface area contributed by atoms with Gasteiger partial charge in [-0.2, -0.15) is 5.10 Å². The third-order valence-electron chi connectivity index (χ3n) is 5.14. The van der Waals surface area contributed by atoms with Gasteiger partial charge in [0.2, 0.25) is 5.91 Å². The topological polar surface area (TPSA) is 84.3 Å². The van der Waals surface area contributed by atoms with Crippen molar-refractivity contribution in [1.82, 2.24) is 20.0 Å². The normalized spacial score (nSPS) is 13.8. The van der Waals surface area contributed by atoms with E-state index >= 15 is 0 Å². The highest BCUT2D eigenvalue weighted by Crippen LogP contribution is 2.14. The van der Waals surface area contributed by atoms with Crippen LogP contribution in [-0.2, 0) is 11.3 Å². The van der Waals surface area contributed by atoms with E-state index in [0.29, 0.717) is 17.3 Å². The Morgan fingerprint density at radius 3 is 2.54 bits per heavy atom. The number of amides is 2. The quantitative estimate of drug-likeness (QED) is 0.708. The van der Waals surface area contributed by atoms with E-state index in [0.717, 1.165) is 45.2 Å². The first-order valence-electron chi connectivity index (χ1n) is 10.2. The summed E-state index contributed by atoms with van der Waals surface area (Å²) in [7, 11) is 0. The van der Waals surface area contributed by atoms with E-state index in [1.54, 1.807) is 24.3 Å².